The molecule has 1 aliphatic heterocycles. The number of rotatable bonds is 7. The van der Waals surface area contributed by atoms with E-state index in [0.717, 1.165) is 17.7 Å². The third-order valence-electron chi connectivity index (χ3n) is 4.57. The van der Waals surface area contributed by atoms with Crippen molar-refractivity contribution in [1.29, 1.82) is 0 Å². The molecule has 7 nitrogen and oxygen atoms in total. The van der Waals surface area contributed by atoms with Crippen molar-refractivity contribution >= 4 is 28.4 Å². The Kier molecular flexibility index (Phi) is 6.74. The van der Waals surface area contributed by atoms with Gasteiger partial charge in [-0.05, 0) is 23.5 Å². The molecule has 29 heavy (non-hydrogen) atoms. The van der Waals surface area contributed by atoms with Crippen LogP contribution in [-0.4, -0.2) is 43.2 Å². The summed E-state index contributed by atoms with van der Waals surface area (Å²) < 4.78 is 5.88. The lowest BCUT2D eigenvalue weighted by Gasteiger charge is -2.24. The van der Waals surface area contributed by atoms with E-state index >= 15 is 0 Å². The Balaban J connectivity index is 1.45. The number of ether oxygens (including phenoxy) is 1. The molecule has 0 aliphatic carbocycles. The number of para-hydroxylation sites is 1. The third kappa shape index (κ3) is 5.69. The van der Waals surface area contributed by atoms with Crippen molar-refractivity contribution in [3.05, 3.63) is 40.9 Å². The maximum Gasteiger partial charge on any atom is 0.323 e. The molecule has 0 spiro atoms. The number of anilines is 1. The molecule has 0 unspecified atom stereocenters. The van der Waals surface area contributed by atoms with Crippen molar-refractivity contribution in [2.45, 2.75) is 39.0 Å². The van der Waals surface area contributed by atoms with E-state index in [0.29, 0.717) is 37.1 Å². The van der Waals surface area contributed by atoms with Crippen LogP contribution in [0.2, 0.25) is 0 Å². The number of amides is 3. The lowest BCUT2D eigenvalue weighted by atomic mass is 9.86. The Labute approximate surface area is 175 Å². The second-order valence-corrected chi connectivity index (χ2v) is 8.82. The summed E-state index contributed by atoms with van der Waals surface area (Å²) in [5.74, 6) is 0.732. The van der Waals surface area contributed by atoms with Crippen LogP contribution in [0.25, 0.3) is 0 Å². The minimum absolute atomic E-state index is 0.00652. The first-order valence-corrected chi connectivity index (χ1v) is 10.7. The van der Waals surface area contributed by atoms with Gasteiger partial charge in [0.1, 0.15) is 12.4 Å². The van der Waals surface area contributed by atoms with Gasteiger partial charge in [0.2, 0.25) is 5.91 Å². The number of benzene rings is 1. The standard InChI is InChI=1S/C21H28N4O3S/c1-21(2,3)16-7-4-5-8-17(16)28-12-10-22-18(26)13-15-14-29-20(24-15)25-11-6-9-23-19(25)27/h4-5,7-8,14H,6,9-13H2,1-3H3,(H,22,26)(H,23,27). The van der Waals surface area contributed by atoms with Crippen molar-refractivity contribution in [1.82, 2.24) is 15.6 Å². The van der Waals surface area contributed by atoms with E-state index in [4.69, 9.17) is 4.74 Å². The number of carbonyl (C=O) groups excluding carboxylic acids is 2. The van der Waals surface area contributed by atoms with Crippen LogP contribution in [0.3, 0.4) is 0 Å². The number of aromatic nitrogens is 1. The van der Waals surface area contributed by atoms with Crippen molar-refractivity contribution in [2.75, 3.05) is 31.1 Å². The highest BCUT2D eigenvalue weighted by molar-refractivity contribution is 7.14. The largest absolute Gasteiger partial charge is 0.491 e. The molecule has 2 heterocycles. The highest BCUT2D eigenvalue weighted by atomic mass is 32.1. The summed E-state index contributed by atoms with van der Waals surface area (Å²) in [5, 5.41) is 8.12. The Hall–Kier alpha value is -2.61. The molecule has 8 heteroatoms. The Morgan fingerprint density at radius 1 is 1.34 bits per heavy atom. The topological polar surface area (TPSA) is 83.6 Å². The molecular weight excluding hydrogens is 388 g/mol. The second-order valence-electron chi connectivity index (χ2n) is 7.98. The number of nitrogens with one attached hydrogen (secondary N) is 2. The Bertz CT molecular complexity index is 860. The number of hydrogen-bond donors (Lipinski definition) is 2. The summed E-state index contributed by atoms with van der Waals surface area (Å²) in [6.45, 7) is 8.60. The van der Waals surface area contributed by atoms with Gasteiger partial charge >= 0.3 is 6.03 Å². The summed E-state index contributed by atoms with van der Waals surface area (Å²) >= 11 is 1.38. The van der Waals surface area contributed by atoms with Crippen LogP contribution in [0.4, 0.5) is 9.93 Å². The van der Waals surface area contributed by atoms with Gasteiger partial charge in [0, 0.05) is 18.5 Å². The monoisotopic (exact) mass is 416 g/mol. The lowest BCUT2D eigenvalue weighted by Crippen LogP contribution is -2.46. The highest BCUT2D eigenvalue weighted by Gasteiger charge is 2.22. The first-order chi connectivity index (χ1) is 13.8. The molecule has 0 bridgehead atoms. The van der Waals surface area contributed by atoms with Crippen LogP contribution in [0.5, 0.6) is 5.75 Å². The molecule has 3 rings (SSSR count). The zero-order valence-corrected chi connectivity index (χ0v) is 18.0. The van der Waals surface area contributed by atoms with Gasteiger partial charge < -0.3 is 15.4 Å². The van der Waals surface area contributed by atoms with Crippen molar-refractivity contribution in [3.8, 4) is 5.75 Å². The minimum Gasteiger partial charge on any atom is -0.491 e. The molecular formula is C21H28N4O3S. The zero-order valence-electron chi connectivity index (χ0n) is 17.2. The van der Waals surface area contributed by atoms with E-state index in [1.54, 1.807) is 4.90 Å². The van der Waals surface area contributed by atoms with Gasteiger partial charge in [-0.25, -0.2) is 9.78 Å². The first kappa shape index (κ1) is 21.1. The number of urea groups is 1. The van der Waals surface area contributed by atoms with Crippen LogP contribution < -0.4 is 20.3 Å². The summed E-state index contributed by atoms with van der Waals surface area (Å²) in [6, 6.07) is 7.84. The Morgan fingerprint density at radius 2 is 2.14 bits per heavy atom. The molecule has 1 aromatic carbocycles. The molecule has 0 saturated carbocycles. The van der Waals surface area contributed by atoms with Gasteiger partial charge in [-0.2, -0.15) is 0 Å². The normalized spacial score (nSPS) is 14.4. The molecule has 3 amide bonds. The molecule has 1 aromatic heterocycles. The number of carbonyl (C=O) groups is 2. The summed E-state index contributed by atoms with van der Waals surface area (Å²) in [6.07, 6.45) is 1.07. The molecule has 0 atom stereocenters. The van der Waals surface area contributed by atoms with Gasteiger partial charge in [-0.1, -0.05) is 39.0 Å². The fourth-order valence-corrected chi connectivity index (χ4v) is 3.95. The van der Waals surface area contributed by atoms with E-state index < -0.39 is 0 Å². The van der Waals surface area contributed by atoms with Crippen LogP contribution in [0.15, 0.2) is 29.6 Å². The molecule has 2 N–H and O–H groups in total. The van der Waals surface area contributed by atoms with Crippen molar-refractivity contribution in [3.63, 3.8) is 0 Å². The maximum atomic E-state index is 12.2. The fourth-order valence-electron chi connectivity index (χ4n) is 3.10. The number of hydrogen-bond acceptors (Lipinski definition) is 5. The van der Waals surface area contributed by atoms with Crippen LogP contribution in [0.1, 0.15) is 38.4 Å². The van der Waals surface area contributed by atoms with Crippen LogP contribution in [0, 0.1) is 0 Å². The maximum absolute atomic E-state index is 12.2. The van der Waals surface area contributed by atoms with Gasteiger partial charge in [0.05, 0.1) is 18.7 Å². The van der Waals surface area contributed by atoms with Gasteiger partial charge in [-0.15, -0.1) is 11.3 Å². The zero-order chi connectivity index (χ0) is 20.9. The molecule has 0 radical (unpaired) electrons. The van der Waals surface area contributed by atoms with E-state index in [2.05, 4.69) is 42.5 Å². The summed E-state index contributed by atoms with van der Waals surface area (Å²) in [4.78, 5) is 30.1. The molecule has 156 valence electrons. The predicted octanol–water partition coefficient (Wildman–Crippen LogP) is 3.10. The van der Waals surface area contributed by atoms with Crippen molar-refractivity contribution < 1.29 is 14.3 Å². The molecule has 1 fully saturated rings. The predicted molar refractivity (Wildman–Crippen MR) is 115 cm³/mol. The van der Waals surface area contributed by atoms with Crippen LogP contribution >= 0.6 is 11.3 Å². The molecule has 1 saturated heterocycles. The first-order valence-electron chi connectivity index (χ1n) is 9.83. The van der Waals surface area contributed by atoms with E-state index in [-0.39, 0.29) is 23.8 Å². The van der Waals surface area contributed by atoms with E-state index in [1.165, 1.54) is 11.3 Å². The Morgan fingerprint density at radius 3 is 2.90 bits per heavy atom. The average molecular weight is 417 g/mol. The SMILES string of the molecule is CC(C)(C)c1ccccc1OCCNC(=O)Cc1csc(N2CCCNC2=O)n1. The highest BCUT2D eigenvalue weighted by Crippen LogP contribution is 2.30. The lowest BCUT2D eigenvalue weighted by molar-refractivity contribution is -0.120. The van der Waals surface area contributed by atoms with E-state index in [1.807, 2.05) is 23.6 Å². The number of nitrogens with zero attached hydrogens (tertiary/aromatic N) is 2. The van der Waals surface area contributed by atoms with Crippen LogP contribution in [-0.2, 0) is 16.6 Å². The average Bonchev–Trinajstić information content (AvgIpc) is 3.13. The smallest absolute Gasteiger partial charge is 0.323 e. The van der Waals surface area contributed by atoms with Crippen molar-refractivity contribution in [2.24, 2.45) is 0 Å². The second kappa shape index (κ2) is 9.26. The summed E-state index contributed by atoms with van der Waals surface area (Å²) in [7, 11) is 0. The minimum atomic E-state index is -0.130. The third-order valence-corrected chi connectivity index (χ3v) is 5.48. The van der Waals surface area contributed by atoms with E-state index in [9.17, 15) is 9.59 Å². The quantitative estimate of drug-likeness (QED) is 0.680. The fraction of sp³-hybridized carbons (Fsp3) is 0.476. The molecule has 2 aromatic rings. The van der Waals surface area contributed by atoms with Gasteiger partial charge in [0.25, 0.3) is 0 Å². The van der Waals surface area contributed by atoms with Gasteiger partial charge in [-0.3, -0.25) is 9.69 Å². The number of thiazole rings is 1. The van der Waals surface area contributed by atoms with Gasteiger partial charge in [0.15, 0.2) is 5.13 Å². The summed E-state index contributed by atoms with van der Waals surface area (Å²) in [5.41, 5.74) is 1.80. The molecule has 1 aliphatic rings.